The highest BCUT2D eigenvalue weighted by Crippen LogP contribution is 2.34. The zero-order valence-corrected chi connectivity index (χ0v) is 16.9. The molecular weight excluding hydrogens is 358 g/mol. The molecule has 0 spiro atoms. The van der Waals surface area contributed by atoms with Crippen molar-refractivity contribution in [2.45, 2.75) is 31.8 Å². The summed E-state index contributed by atoms with van der Waals surface area (Å²) >= 11 is 0. The molecule has 1 aromatic heterocycles. The van der Waals surface area contributed by atoms with E-state index in [-0.39, 0.29) is 6.04 Å². The fourth-order valence-electron chi connectivity index (χ4n) is 5.16. The molecule has 3 aromatic rings. The third kappa shape index (κ3) is 3.75. The van der Waals surface area contributed by atoms with E-state index in [4.69, 9.17) is 0 Å². The number of nitrogens with one attached hydrogen (secondary N) is 1. The van der Waals surface area contributed by atoms with Crippen LogP contribution in [-0.4, -0.2) is 47.2 Å². The number of hydrogen-bond acceptors (Lipinski definition) is 3. The van der Waals surface area contributed by atoms with E-state index in [0.717, 1.165) is 32.3 Å². The molecule has 1 atom stereocenters. The van der Waals surface area contributed by atoms with Gasteiger partial charge in [0.25, 0.3) is 0 Å². The minimum absolute atomic E-state index is 0.0499. The van der Waals surface area contributed by atoms with Crippen LogP contribution in [0.4, 0.5) is 0 Å². The molecule has 1 N–H and O–H groups in total. The number of aromatic nitrogens is 1. The number of aldehydes is 1. The van der Waals surface area contributed by atoms with Gasteiger partial charge in [-0.25, -0.2) is 0 Å². The van der Waals surface area contributed by atoms with Crippen LogP contribution in [0.1, 0.15) is 35.6 Å². The van der Waals surface area contributed by atoms with Crippen LogP contribution in [0, 0.1) is 5.92 Å². The Labute approximate surface area is 172 Å². The standard InChI is InChI=1S/C25H29N3O/c29-18-25-23-7-2-1-5-21(23)17-28(25)16-19-9-12-27(13-10-19)14-11-20-15-26-24-8-4-3-6-22(20)24/h1-8,15,18-19,25-26H,9-14,16-17H2. The molecule has 4 heteroatoms. The number of hydrogen-bond donors (Lipinski definition) is 1. The molecule has 0 amide bonds. The zero-order valence-electron chi connectivity index (χ0n) is 16.9. The summed E-state index contributed by atoms with van der Waals surface area (Å²) in [5, 5.41) is 1.36. The van der Waals surface area contributed by atoms with E-state index >= 15 is 0 Å². The van der Waals surface area contributed by atoms with Gasteiger partial charge < -0.3 is 14.7 Å². The van der Waals surface area contributed by atoms with Gasteiger partial charge >= 0.3 is 0 Å². The summed E-state index contributed by atoms with van der Waals surface area (Å²) in [5.74, 6) is 0.691. The predicted octanol–water partition coefficient (Wildman–Crippen LogP) is 4.18. The summed E-state index contributed by atoms with van der Waals surface area (Å²) in [5.41, 5.74) is 5.18. The monoisotopic (exact) mass is 387 g/mol. The maximum Gasteiger partial charge on any atom is 0.141 e. The first-order chi connectivity index (χ1) is 14.3. The summed E-state index contributed by atoms with van der Waals surface area (Å²) in [6, 6.07) is 16.9. The van der Waals surface area contributed by atoms with E-state index in [1.54, 1.807) is 0 Å². The molecule has 1 fully saturated rings. The van der Waals surface area contributed by atoms with Gasteiger partial charge in [0.05, 0.1) is 6.04 Å². The Hall–Kier alpha value is -2.43. The number of rotatable bonds is 6. The highest BCUT2D eigenvalue weighted by atomic mass is 16.1. The average molecular weight is 388 g/mol. The number of benzene rings is 2. The van der Waals surface area contributed by atoms with Gasteiger partial charge in [-0.15, -0.1) is 0 Å². The van der Waals surface area contributed by atoms with Crippen LogP contribution >= 0.6 is 0 Å². The van der Waals surface area contributed by atoms with Gasteiger partial charge in [0.15, 0.2) is 0 Å². The third-order valence-corrected chi connectivity index (χ3v) is 6.84. The molecule has 0 bridgehead atoms. The first kappa shape index (κ1) is 18.6. The smallest absolute Gasteiger partial charge is 0.141 e. The number of H-pyrrole nitrogens is 1. The molecule has 2 aliphatic rings. The fraction of sp³-hybridized carbons (Fsp3) is 0.400. The molecule has 0 radical (unpaired) electrons. The molecule has 0 saturated carbocycles. The van der Waals surface area contributed by atoms with Crippen molar-refractivity contribution < 1.29 is 4.79 Å². The second-order valence-electron chi connectivity index (χ2n) is 8.60. The van der Waals surface area contributed by atoms with E-state index in [1.165, 1.54) is 53.5 Å². The van der Waals surface area contributed by atoms with Gasteiger partial charge in [0.2, 0.25) is 0 Å². The number of likely N-dealkylation sites (tertiary alicyclic amines) is 1. The van der Waals surface area contributed by atoms with Crippen molar-refractivity contribution in [1.29, 1.82) is 0 Å². The summed E-state index contributed by atoms with van der Waals surface area (Å²) in [4.78, 5) is 20.1. The topological polar surface area (TPSA) is 39.3 Å². The molecule has 150 valence electrons. The molecule has 2 aliphatic heterocycles. The molecule has 4 nitrogen and oxygen atoms in total. The predicted molar refractivity (Wildman–Crippen MR) is 117 cm³/mol. The van der Waals surface area contributed by atoms with Crippen molar-refractivity contribution in [2.75, 3.05) is 26.2 Å². The second-order valence-corrected chi connectivity index (χ2v) is 8.60. The number of para-hydroxylation sites is 1. The highest BCUT2D eigenvalue weighted by Gasteiger charge is 2.32. The van der Waals surface area contributed by atoms with E-state index < -0.39 is 0 Å². The van der Waals surface area contributed by atoms with E-state index in [9.17, 15) is 4.79 Å². The quantitative estimate of drug-likeness (QED) is 0.645. The molecule has 0 aliphatic carbocycles. The van der Waals surface area contributed by atoms with Crippen molar-refractivity contribution >= 4 is 17.2 Å². The normalized spacial score (nSPS) is 20.9. The Morgan fingerprint density at radius 3 is 2.69 bits per heavy atom. The average Bonchev–Trinajstić information content (AvgIpc) is 3.34. The van der Waals surface area contributed by atoms with Gasteiger partial charge in [-0.1, -0.05) is 42.5 Å². The van der Waals surface area contributed by atoms with Crippen LogP contribution in [0.2, 0.25) is 0 Å². The lowest BCUT2D eigenvalue weighted by Gasteiger charge is -2.34. The lowest BCUT2D eigenvalue weighted by molar-refractivity contribution is -0.112. The van der Waals surface area contributed by atoms with Crippen molar-refractivity contribution in [3.8, 4) is 0 Å². The Balaban J connectivity index is 1.13. The summed E-state index contributed by atoms with van der Waals surface area (Å²) in [6.45, 7) is 5.41. The number of piperidine rings is 1. The molecule has 1 saturated heterocycles. The Morgan fingerprint density at radius 2 is 1.83 bits per heavy atom. The van der Waals surface area contributed by atoms with Gasteiger partial charge in [-0.3, -0.25) is 4.90 Å². The van der Waals surface area contributed by atoms with E-state index in [2.05, 4.69) is 63.4 Å². The molecular formula is C25H29N3O. The molecule has 5 rings (SSSR count). The molecule has 1 unspecified atom stereocenters. The zero-order chi connectivity index (χ0) is 19.6. The third-order valence-electron chi connectivity index (χ3n) is 6.84. The summed E-state index contributed by atoms with van der Waals surface area (Å²) in [7, 11) is 0. The first-order valence-electron chi connectivity index (χ1n) is 10.9. The Kier molecular flexibility index (Phi) is 5.21. The van der Waals surface area contributed by atoms with Gasteiger partial charge in [0, 0.05) is 36.7 Å². The summed E-state index contributed by atoms with van der Waals surface area (Å²) < 4.78 is 0. The summed E-state index contributed by atoms with van der Waals surface area (Å²) in [6.07, 6.45) is 6.85. The van der Waals surface area contributed by atoms with Gasteiger partial charge in [0.1, 0.15) is 6.29 Å². The van der Waals surface area contributed by atoms with Crippen molar-refractivity contribution in [3.63, 3.8) is 0 Å². The van der Waals surface area contributed by atoms with E-state index in [0.29, 0.717) is 5.92 Å². The maximum absolute atomic E-state index is 11.7. The van der Waals surface area contributed by atoms with Crippen LogP contribution in [0.15, 0.2) is 54.7 Å². The van der Waals surface area contributed by atoms with Crippen LogP contribution in [-0.2, 0) is 17.8 Å². The minimum atomic E-state index is -0.0499. The van der Waals surface area contributed by atoms with Gasteiger partial charge in [-0.2, -0.15) is 0 Å². The lowest BCUT2D eigenvalue weighted by atomic mass is 9.95. The van der Waals surface area contributed by atoms with Crippen LogP contribution in [0.3, 0.4) is 0 Å². The van der Waals surface area contributed by atoms with Crippen molar-refractivity contribution in [3.05, 3.63) is 71.4 Å². The Morgan fingerprint density at radius 1 is 1.03 bits per heavy atom. The number of fused-ring (bicyclic) bond motifs is 2. The first-order valence-corrected chi connectivity index (χ1v) is 10.9. The van der Waals surface area contributed by atoms with Crippen molar-refractivity contribution in [2.24, 2.45) is 5.92 Å². The Bertz CT molecular complexity index is 986. The molecule has 2 aromatic carbocycles. The lowest BCUT2D eigenvalue weighted by Crippen LogP contribution is -2.39. The number of nitrogens with zero attached hydrogens (tertiary/aromatic N) is 2. The van der Waals surface area contributed by atoms with Crippen LogP contribution in [0.5, 0.6) is 0 Å². The largest absolute Gasteiger partial charge is 0.361 e. The second kappa shape index (κ2) is 8.13. The number of carbonyl (C=O) groups excluding carboxylic acids is 1. The highest BCUT2D eigenvalue weighted by molar-refractivity contribution is 5.83. The fourth-order valence-corrected chi connectivity index (χ4v) is 5.16. The van der Waals surface area contributed by atoms with Gasteiger partial charge in [-0.05, 0) is 61.0 Å². The molecule has 29 heavy (non-hydrogen) atoms. The molecule has 3 heterocycles. The van der Waals surface area contributed by atoms with Crippen LogP contribution in [0.25, 0.3) is 10.9 Å². The minimum Gasteiger partial charge on any atom is -0.361 e. The van der Waals surface area contributed by atoms with Crippen LogP contribution < -0.4 is 0 Å². The van der Waals surface area contributed by atoms with E-state index in [1.807, 2.05) is 6.07 Å². The number of aromatic amines is 1. The SMILES string of the molecule is O=CC1c2ccccc2CN1CC1CCN(CCc2c[nH]c3ccccc23)CC1. The maximum atomic E-state index is 11.7. The number of carbonyl (C=O) groups is 1. The van der Waals surface area contributed by atoms with Crippen molar-refractivity contribution in [1.82, 2.24) is 14.8 Å².